The van der Waals surface area contributed by atoms with E-state index in [2.05, 4.69) is 20.1 Å². The van der Waals surface area contributed by atoms with Gasteiger partial charge in [-0.3, -0.25) is 9.78 Å². The van der Waals surface area contributed by atoms with E-state index in [-0.39, 0.29) is 5.56 Å². The number of aromatic nitrogens is 4. The predicted octanol–water partition coefficient (Wildman–Crippen LogP) is 5.13. The van der Waals surface area contributed by atoms with Gasteiger partial charge in [0.2, 0.25) is 11.7 Å². The van der Waals surface area contributed by atoms with E-state index in [1.807, 2.05) is 72.8 Å². The summed E-state index contributed by atoms with van der Waals surface area (Å²) in [5.74, 6) is 0.902. The quantitative estimate of drug-likeness (QED) is 0.447. The molecule has 0 aliphatic carbocycles. The summed E-state index contributed by atoms with van der Waals surface area (Å²) in [6.07, 6.45) is 3.46. The van der Waals surface area contributed by atoms with Crippen LogP contribution in [0.2, 0.25) is 0 Å². The van der Waals surface area contributed by atoms with E-state index in [1.165, 1.54) is 0 Å². The lowest BCUT2D eigenvalue weighted by Gasteiger charge is -2.16. The van der Waals surface area contributed by atoms with E-state index >= 15 is 0 Å². The number of rotatable bonds is 4. The molecule has 0 amide bonds. The van der Waals surface area contributed by atoms with E-state index in [0.717, 1.165) is 33.5 Å². The van der Waals surface area contributed by atoms with Gasteiger partial charge in [-0.25, -0.2) is 0 Å². The first kappa shape index (κ1) is 18.7. The maximum Gasteiger partial charge on any atom is 0.256 e. The maximum absolute atomic E-state index is 13.2. The summed E-state index contributed by atoms with van der Waals surface area (Å²) in [6.45, 7) is 1.74. The van der Waals surface area contributed by atoms with Gasteiger partial charge in [-0.15, -0.1) is 0 Å². The second kappa shape index (κ2) is 7.84. The molecule has 0 saturated carbocycles. The second-order valence-electron chi connectivity index (χ2n) is 7.05. The van der Waals surface area contributed by atoms with Crippen LogP contribution in [0, 0.1) is 6.92 Å². The molecule has 3 aromatic heterocycles. The van der Waals surface area contributed by atoms with Crippen LogP contribution < -0.4 is 5.56 Å². The van der Waals surface area contributed by atoms with Gasteiger partial charge in [0.05, 0.1) is 11.3 Å². The Kier molecular flexibility index (Phi) is 4.72. The Morgan fingerprint density at radius 2 is 1.55 bits per heavy atom. The summed E-state index contributed by atoms with van der Waals surface area (Å²) in [4.78, 5) is 25.0. The molecule has 0 spiro atoms. The van der Waals surface area contributed by atoms with Gasteiger partial charge in [0.25, 0.3) is 5.56 Å². The van der Waals surface area contributed by atoms with Crippen molar-refractivity contribution in [2.24, 2.45) is 0 Å². The zero-order valence-electron chi connectivity index (χ0n) is 16.7. The van der Waals surface area contributed by atoms with E-state index in [1.54, 1.807) is 19.3 Å². The first-order valence-corrected chi connectivity index (χ1v) is 9.85. The van der Waals surface area contributed by atoms with Gasteiger partial charge in [-0.2, -0.15) is 4.98 Å². The predicted molar refractivity (Wildman–Crippen MR) is 119 cm³/mol. The average molecular weight is 406 g/mol. The van der Waals surface area contributed by atoms with Gasteiger partial charge in [0.1, 0.15) is 0 Å². The summed E-state index contributed by atoms with van der Waals surface area (Å²) >= 11 is 0. The van der Waals surface area contributed by atoms with Crippen molar-refractivity contribution in [3.05, 3.63) is 101 Å². The minimum atomic E-state index is -0.203. The number of nitrogens with zero attached hydrogens (tertiary/aromatic N) is 3. The van der Waals surface area contributed by atoms with E-state index in [0.29, 0.717) is 17.3 Å². The highest BCUT2D eigenvalue weighted by molar-refractivity contribution is 5.96. The van der Waals surface area contributed by atoms with E-state index in [4.69, 9.17) is 4.52 Å². The number of hydrogen-bond acceptors (Lipinski definition) is 5. The lowest BCUT2D eigenvalue weighted by Crippen LogP contribution is -2.12. The van der Waals surface area contributed by atoms with Crippen LogP contribution in [-0.2, 0) is 0 Å². The van der Waals surface area contributed by atoms with Gasteiger partial charge < -0.3 is 9.51 Å². The third-order valence-corrected chi connectivity index (χ3v) is 5.06. The first-order valence-electron chi connectivity index (χ1n) is 9.85. The fourth-order valence-electron chi connectivity index (χ4n) is 3.72. The van der Waals surface area contributed by atoms with Crippen molar-refractivity contribution in [1.82, 2.24) is 20.1 Å². The Morgan fingerprint density at radius 1 is 0.806 bits per heavy atom. The average Bonchev–Trinajstić information content (AvgIpc) is 3.26. The third-order valence-electron chi connectivity index (χ3n) is 5.06. The van der Waals surface area contributed by atoms with Gasteiger partial charge in [0, 0.05) is 36.0 Å². The number of aryl methyl sites for hydroxylation is 1. The van der Waals surface area contributed by atoms with Crippen LogP contribution in [0.5, 0.6) is 0 Å². The van der Waals surface area contributed by atoms with Gasteiger partial charge in [-0.1, -0.05) is 65.8 Å². The normalized spacial score (nSPS) is 10.9. The molecule has 0 aliphatic rings. The molecule has 0 unspecified atom stereocenters. The van der Waals surface area contributed by atoms with Crippen LogP contribution in [0.25, 0.3) is 44.9 Å². The Labute approximate surface area is 178 Å². The molecular formula is C25H18N4O2. The second-order valence-corrected chi connectivity index (χ2v) is 7.05. The van der Waals surface area contributed by atoms with Gasteiger partial charge >= 0.3 is 0 Å². The van der Waals surface area contributed by atoms with Gasteiger partial charge in [0.15, 0.2) is 0 Å². The largest absolute Gasteiger partial charge is 0.339 e. The van der Waals surface area contributed by atoms with Crippen molar-refractivity contribution >= 4 is 0 Å². The monoisotopic (exact) mass is 406 g/mol. The standard InChI is InChI=1S/C25H18N4O2/c1-16-28-24(29-31-16)19-12-6-5-11-18(19)23-22(17-9-3-2-4-10-17)20(15-27-25(23)30)21-13-7-8-14-26-21/h2-15H,1H3,(H,27,30). The Bertz CT molecular complexity index is 1410. The minimum Gasteiger partial charge on any atom is -0.339 e. The number of hydrogen-bond donors (Lipinski definition) is 1. The molecule has 6 nitrogen and oxygen atoms in total. The zero-order chi connectivity index (χ0) is 21.2. The van der Waals surface area contributed by atoms with Crippen molar-refractivity contribution in [3.8, 4) is 44.9 Å². The van der Waals surface area contributed by atoms with Crippen LogP contribution >= 0.6 is 0 Å². The summed E-state index contributed by atoms with van der Waals surface area (Å²) in [5.41, 5.74) is 5.10. The zero-order valence-corrected chi connectivity index (χ0v) is 16.7. The summed E-state index contributed by atoms with van der Waals surface area (Å²) in [5, 5.41) is 4.07. The highest BCUT2D eigenvalue weighted by atomic mass is 16.5. The van der Waals surface area contributed by atoms with Crippen molar-refractivity contribution in [1.29, 1.82) is 0 Å². The summed E-state index contributed by atoms with van der Waals surface area (Å²) in [6, 6.07) is 23.2. The number of nitrogens with one attached hydrogen (secondary N) is 1. The SMILES string of the molecule is Cc1nc(-c2ccccc2-c2c(-c3ccccc3)c(-c3ccccn3)c[nH]c2=O)no1. The summed E-state index contributed by atoms with van der Waals surface area (Å²) < 4.78 is 5.19. The molecule has 0 bridgehead atoms. The van der Waals surface area contributed by atoms with Crippen LogP contribution in [0.1, 0.15) is 5.89 Å². The number of H-pyrrole nitrogens is 1. The van der Waals surface area contributed by atoms with Crippen LogP contribution in [0.15, 0.2) is 94.5 Å². The highest BCUT2D eigenvalue weighted by Crippen LogP contribution is 2.39. The van der Waals surface area contributed by atoms with Crippen molar-refractivity contribution in [2.45, 2.75) is 6.92 Å². The van der Waals surface area contributed by atoms with Crippen LogP contribution in [-0.4, -0.2) is 20.1 Å². The van der Waals surface area contributed by atoms with Crippen molar-refractivity contribution in [3.63, 3.8) is 0 Å². The van der Waals surface area contributed by atoms with Crippen molar-refractivity contribution < 1.29 is 4.52 Å². The van der Waals surface area contributed by atoms with E-state index < -0.39 is 0 Å². The van der Waals surface area contributed by atoms with E-state index in [9.17, 15) is 4.79 Å². The molecule has 0 atom stereocenters. The highest BCUT2D eigenvalue weighted by Gasteiger charge is 2.22. The first-order chi connectivity index (χ1) is 15.2. The fraction of sp³-hybridized carbons (Fsp3) is 0.0400. The molecule has 6 heteroatoms. The lowest BCUT2D eigenvalue weighted by atomic mass is 9.89. The number of pyridine rings is 2. The third kappa shape index (κ3) is 3.44. The molecule has 5 rings (SSSR count). The Morgan fingerprint density at radius 3 is 2.26 bits per heavy atom. The van der Waals surface area contributed by atoms with Crippen molar-refractivity contribution in [2.75, 3.05) is 0 Å². The molecule has 31 heavy (non-hydrogen) atoms. The molecule has 0 fully saturated rings. The molecule has 150 valence electrons. The minimum absolute atomic E-state index is 0.203. The number of aromatic amines is 1. The molecule has 0 aliphatic heterocycles. The molecule has 0 saturated heterocycles. The topological polar surface area (TPSA) is 84.7 Å². The molecule has 0 radical (unpaired) electrons. The molecule has 3 heterocycles. The summed E-state index contributed by atoms with van der Waals surface area (Å²) in [7, 11) is 0. The number of benzene rings is 2. The molecule has 5 aromatic rings. The Balaban J connectivity index is 1.87. The van der Waals surface area contributed by atoms with Crippen LogP contribution in [0.4, 0.5) is 0 Å². The molecule has 1 N–H and O–H groups in total. The van der Waals surface area contributed by atoms with Gasteiger partial charge in [-0.05, 0) is 23.3 Å². The Hall–Kier alpha value is -4.32. The lowest BCUT2D eigenvalue weighted by molar-refractivity contribution is 0.394. The maximum atomic E-state index is 13.2. The molecule has 2 aromatic carbocycles. The smallest absolute Gasteiger partial charge is 0.256 e. The molecular weight excluding hydrogens is 388 g/mol. The van der Waals surface area contributed by atoms with Crippen LogP contribution in [0.3, 0.4) is 0 Å². The fourth-order valence-corrected chi connectivity index (χ4v) is 3.72.